The van der Waals surface area contributed by atoms with Gasteiger partial charge in [-0.25, -0.2) is 9.78 Å². The maximum atomic E-state index is 12.2. The number of benzene rings is 1. The van der Waals surface area contributed by atoms with Crippen LogP contribution in [0.2, 0.25) is 0 Å². The van der Waals surface area contributed by atoms with Crippen LogP contribution in [0.15, 0.2) is 29.4 Å². The Morgan fingerprint density at radius 3 is 2.81 bits per heavy atom. The van der Waals surface area contributed by atoms with Gasteiger partial charge in [0.1, 0.15) is 11.6 Å². The Morgan fingerprint density at radius 1 is 1.30 bits per heavy atom. The Kier molecular flexibility index (Phi) is 5.90. The van der Waals surface area contributed by atoms with Crippen LogP contribution in [0.25, 0.3) is 22.1 Å². The molecule has 0 aliphatic heterocycles. The number of thioether (sulfide) groups is 1. The molecule has 1 aromatic carbocycles. The van der Waals surface area contributed by atoms with Crippen molar-refractivity contribution in [2.75, 3.05) is 12.9 Å². The van der Waals surface area contributed by atoms with Crippen LogP contribution in [0.5, 0.6) is 0 Å². The lowest BCUT2D eigenvalue weighted by atomic mass is 9.99. The average molecular weight is 387 g/mol. The fraction of sp³-hybridized carbons (Fsp3) is 0.389. The zero-order valence-electron chi connectivity index (χ0n) is 15.4. The summed E-state index contributed by atoms with van der Waals surface area (Å²) in [7, 11) is 1.31. The monoisotopic (exact) mass is 387 g/mol. The second-order valence-electron chi connectivity index (χ2n) is 6.20. The topological polar surface area (TPSA) is 110 Å². The normalized spacial score (nSPS) is 13.4. The third-order valence-corrected chi connectivity index (χ3v) is 5.26. The van der Waals surface area contributed by atoms with E-state index in [0.717, 1.165) is 17.3 Å². The number of rotatable bonds is 7. The number of hydrogen-bond donors (Lipinski definition) is 2. The predicted molar refractivity (Wildman–Crippen MR) is 103 cm³/mol. The van der Waals surface area contributed by atoms with Gasteiger partial charge in [0.05, 0.1) is 12.9 Å². The molecule has 2 N–H and O–H groups in total. The molecule has 2 heterocycles. The molecule has 9 heteroatoms. The van der Waals surface area contributed by atoms with Gasteiger partial charge in [-0.2, -0.15) is 0 Å². The van der Waals surface area contributed by atoms with Crippen LogP contribution < -0.4 is 5.32 Å². The van der Waals surface area contributed by atoms with Crippen LogP contribution in [0.4, 0.5) is 0 Å². The van der Waals surface area contributed by atoms with Crippen LogP contribution >= 0.6 is 11.8 Å². The van der Waals surface area contributed by atoms with Crippen LogP contribution in [-0.2, 0) is 14.3 Å². The molecular weight excluding hydrogens is 366 g/mol. The van der Waals surface area contributed by atoms with Crippen LogP contribution in [0, 0.1) is 5.92 Å². The standard InChI is InChI=1S/C18H21N5O3S/c1-4-10(2)14(17(25)26-3)20-13(24)9-27-18-21-16-15(22-23-18)11-7-5-6-8-12(11)19-16/h5-8,10,14H,4,9H2,1-3H3,(H,20,24)(H,19,21,23)/t10-,14+/m1/s1. The Balaban J connectivity index is 1.67. The molecule has 27 heavy (non-hydrogen) atoms. The number of fused-ring (bicyclic) bond motifs is 3. The van der Waals surface area contributed by atoms with E-state index in [1.165, 1.54) is 18.9 Å². The molecule has 0 unspecified atom stereocenters. The molecule has 0 bridgehead atoms. The van der Waals surface area contributed by atoms with E-state index in [0.29, 0.717) is 16.3 Å². The summed E-state index contributed by atoms with van der Waals surface area (Å²) >= 11 is 1.17. The minimum absolute atomic E-state index is 0.0213. The molecule has 0 radical (unpaired) electrons. The van der Waals surface area contributed by atoms with E-state index >= 15 is 0 Å². The first-order valence-electron chi connectivity index (χ1n) is 8.64. The third-order valence-electron chi connectivity index (χ3n) is 4.42. The SMILES string of the molecule is CC[C@@H](C)[C@H](NC(=O)CSc1nnc2c(n1)[nH]c1ccccc12)C(=O)OC. The maximum Gasteiger partial charge on any atom is 0.328 e. The number of esters is 1. The van der Waals surface area contributed by atoms with Crippen molar-refractivity contribution < 1.29 is 14.3 Å². The molecule has 142 valence electrons. The van der Waals surface area contributed by atoms with Crippen LogP contribution in [0.1, 0.15) is 20.3 Å². The average Bonchev–Trinajstić information content (AvgIpc) is 3.07. The largest absolute Gasteiger partial charge is 0.467 e. The number of carbonyl (C=O) groups is 2. The molecule has 1 amide bonds. The molecule has 0 aliphatic rings. The summed E-state index contributed by atoms with van der Waals surface area (Å²) in [6.07, 6.45) is 0.747. The minimum Gasteiger partial charge on any atom is -0.467 e. The van der Waals surface area contributed by atoms with Crippen molar-refractivity contribution in [3.63, 3.8) is 0 Å². The van der Waals surface area contributed by atoms with Crippen molar-refractivity contribution in [3.8, 4) is 0 Å². The van der Waals surface area contributed by atoms with E-state index in [1.807, 2.05) is 38.1 Å². The fourth-order valence-corrected chi connectivity index (χ4v) is 3.31. The summed E-state index contributed by atoms with van der Waals surface area (Å²) in [5.74, 6) is -0.666. The molecule has 3 rings (SSSR count). The first-order chi connectivity index (χ1) is 13.0. The molecule has 2 atom stereocenters. The molecule has 3 aromatic rings. The zero-order chi connectivity index (χ0) is 19.4. The van der Waals surface area contributed by atoms with Crippen molar-refractivity contribution in [3.05, 3.63) is 24.3 Å². The summed E-state index contributed by atoms with van der Waals surface area (Å²) in [6, 6.07) is 7.09. The van der Waals surface area contributed by atoms with Gasteiger partial charge < -0.3 is 15.0 Å². The summed E-state index contributed by atoms with van der Waals surface area (Å²) < 4.78 is 4.78. The summed E-state index contributed by atoms with van der Waals surface area (Å²) in [6.45, 7) is 3.85. The molecule has 0 aliphatic carbocycles. The molecule has 0 saturated carbocycles. The Hall–Kier alpha value is -2.68. The van der Waals surface area contributed by atoms with E-state index in [1.54, 1.807) is 0 Å². The highest BCUT2D eigenvalue weighted by atomic mass is 32.2. The third kappa shape index (κ3) is 4.19. The smallest absolute Gasteiger partial charge is 0.328 e. The van der Waals surface area contributed by atoms with E-state index < -0.39 is 12.0 Å². The number of amides is 1. The number of nitrogens with zero attached hydrogens (tertiary/aromatic N) is 3. The van der Waals surface area contributed by atoms with Crippen LogP contribution in [-0.4, -0.2) is 50.9 Å². The van der Waals surface area contributed by atoms with Gasteiger partial charge >= 0.3 is 5.97 Å². The van der Waals surface area contributed by atoms with Gasteiger partial charge in [0.2, 0.25) is 11.1 Å². The van der Waals surface area contributed by atoms with Crippen molar-refractivity contribution in [2.45, 2.75) is 31.5 Å². The number of aromatic nitrogens is 4. The van der Waals surface area contributed by atoms with Gasteiger partial charge in [0.15, 0.2) is 5.65 Å². The lowest BCUT2D eigenvalue weighted by Crippen LogP contribution is -2.46. The lowest BCUT2D eigenvalue weighted by Gasteiger charge is -2.21. The number of hydrogen-bond acceptors (Lipinski definition) is 7. The van der Waals surface area contributed by atoms with E-state index in [-0.39, 0.29) is 17.6 Å². The summed E-state index contributed by atoms with van der Waals surface area (Å²) in [4.78, 5) is 31.7. The number of methoxy groups -OCH3 is 1. The summed E-state index contributed by atoms with van der Waals surface area (Å²) in [5, 5.41) is 12.4. The summed E-state index contributed by atoms with van der Waals surface area (Å²) in [5.41, 5.74) is 2.26. The minimum atomic E-state index is -0.664. The molecule has 8 nitrogen and oxygen atoms in total. The van der Waals surface area contributed by atoms with E-state index in [9.17, 15) is 9.59 Å². The zero-order valence-corrected chi connectivity index (χ0v) is 16.2. The van der Waals surface area contributed by atoms with E-state index in [4.69, 9.17) is 4.74 Å². The highest BCUT2D eigenvalue weighted by Gasteiger charge is 2.26. The molecular formula is C18H21N5O3S. The van der Waals surface area contributed by atoms with Gasteiger partial charge in [-0.1, -0.05) is 50.2 Å². The van der Waals surface area contributed by atoms with Crippen molar-refractivity contribution in [2.24, 2.45) is 5.92 Å². The number of carbonyl (C=O) groups excluding carboxylic acids is 2. The van der Waals surface area contributed by atoms with Gasteiger partial charge in [-0.15, -0.1) is 10.2 Å². The quantitative estimate of drug-likeness (QED) is 0.473. The second-order valence-corrected chi connectivity index (χ2v) is 7.15. The molecule has 0 fully saturated rings. The van der Waals surface area contributed by atoms with Gasteiger partial charge in [-0.05, 0) is 12.0 Å². The van der Waals surface area contributed by atoms with Gasteiger partial charge in [0, 0.05) is 10.9 Å². The molecule has 0 saturated heterocycles. The molecule has 2 aromatic heterocycles. The number of H-pyrrole nitrogens is 1. The van der Waals surface area contributed by atoms with Gasteiger partial charge in [0.25, 0.3) is 0 Å². The van der Waals surface area contributed by atoms with E-state index in [2.05, 4.69) is 25.5 Å². The fourth-order valence-electron chi connectivity index (χ4n) is 2.71. The number of para-hydroxylation sites is 1. The Morgan fingerprint density at radius 2 is 2.07 bits per heavy atom. The van der Waals surface area contributed by atoms with Crippen LogP contribution in [0.3, 0.4) is 0 Å². The van der Waals surface area contributed by atoms with Gasteiger partial charge in [-0.3, -0.25) is 4.79 Å². The van der Waals surface area contributed by atoms with Crippen molar-refractivity contribution in [1.29, 1.82) is 0 Å². The second kappa shape index (κ2) is 8.34. The first-order valence-corrected chi connectivity index (χ1v) is 9.63. The Bertz CT molecular complexity index is 974. The number of aromatic amines is 1. The predicted octanol–water partition coefficient (Wildman–Crippen LogP) is 2.30. The molecule has 0 spiro atoms. The maximum absolute atomic E-state index is 12.2. The number of ether oxygens (including phenoxy) is 1. The highest BCUT2D eigenvalue weighted by Crippen LogP contribution is 2.23. The first kappa shape index (κ1) is 19.1. The Labute approximate surface area is 160 Å². The lowest BCUT2D eigenvalue weighted by molar-refractivity contribution is -0.146. The highest BCUT2D eigenvalue weighted by molar-refractivity contribution is 7.99. The number of nitrogens with one attached hydrogen (secondary N) is 2. The van der Waals surface area contributed by atoms with Crippen molar-refractivity contribution in [1.82, 2.24) is 25.5 Å². The van der Waals surface area contributed by atoms with Crippen molar-refractivity contribution >= 4 is 45.7 Å².